The number of benzene rings is 1. The topological polar surface area (TPSA) is 233 Å². The molecule has 0 aliphatic heterocycles. The molecule has 46 heavy (non-hydrogen) atoms. The first-order chi connectivity index (χ1) is 22.3. The first-order valence-electron chi connectivity index (χ1n) is 15.2. The predicted octanol–water partition coefficient (Wildman–Crippen LogP) is 1.23. The van der Waals surface area contributed by atoms with Crippen LogP contribution in [0.3, 0.4) is 0 Å². The van der Waals surface area contributed by atoms with Gasteiger partial charge in [0.05, 0.1) is 44.9 Å². The molecule has 2 aromatic heterocycles. The van der Waals surface area contributed by atoms with Gasteiger partial charge in [-0.2, -0.15) is 4.98 Å². The minimum Gasteiger partial charge on any atom is -0.480 e. The number of ether oxygens (including phenoxy) is 3. The number of aromatic amines is 1. The minimum absolute atomic E-state index is 0.0488. The van der Waals surface area contributed by atoms with Gasteiger partial charge in [0, 0.05) is 37.4 Å². The molecule has 250 valence electrons. The Labute approximate surface area is 265 Å². The van der Waals surface area contributed by atoms with Crippen molar-refractivity contribution in [2.24, 2.45) is 0 Å². The zero-order chi connectivity index (χ0) is 33.1. The van der Waals surface area contributed by atoms with Crippen molar-refractivity contribution in [1.82, 2.24) is 30.6 Å². The highest BCUT2D eigenvalue weighted by Gasteiger charge is 2.21. The standard InChI is InChI=1S/C30H42N8O8/c1-2-3-12-44-14-16-46-17-15-45-13-4-11-32-24(39)10-9-23(29(42)43)36-27(40)20-5-7-21(8-6-20)33-18-22-19-34-26-25(35-22)28(41)38-30(31)37-26/h5-8,19,23,33H,2-4,9-18H2,1H3,(H,32,39)(H,36,40)(H,42,43)(H3,31,34,37,38,41)/t23-/m1/s1. The van der Waals surface area contributed by atoms with Gasteiger partial charge in [-0.1, -0.05) is 13.3 Å². The Hall–Kier alpha value is -4.67. The summed E-state index contributed by atoms with van der Waals surface area (Å²) in [7, 11) is 0. The van der Waals surface area contributed by atoms with E-state index < -0.39 is 23.5 Å². The number of rotatable bonds is 22. The Morgan fingerprint density at radius 1 is 0.978 bits per heavy atom. The molecule has 0 spiro atoms. The summed E-state index contributed by atoms with van der Waals surface area (Å²) in [5, 5.41) is 17.9. The summed E-state index contributed by atoms with van der Waals surface area (Å²) in [6.45, 7) is 5.92. The highest BCUT2D eigenvalue weighted by Crippen LogP contribution is 2.12. The zero-order valence-electron chi connectivity index (χ0n) is 25.9. The van der Waals surface area contributed by atoms with E-state index in [1.807, 2.05) is 0 Å². The van der Waals surface area contributed by atoms with Gasteiger partial charge >= 0.3 is 5.97 Å². The molecule has 3 rings (SSSR count). The molecule has 1 atom stereocenters. The lowest BCUT2D eigenvalue weighted by molar-refractivity contribution is -0.139. The van der Waals surface area contributed by atoms with E-state index in [0.29, 0.717) is 57.4 Å². The molecule has 7 N–H and O–H groups in total. The van der Waals surface area contributed by atoms with Crippen molar-refractivity contribution in [2.45, 2.75) is 51.6 Å². The Bertz CT molecular complexity index is 1470. The Balaban J connectivity index is 1.31. The number of fused-ring (bicyclic) bond motifs is 1. The summed E-state index contributed by atoms with van der Waals surface area (Å²) in [4.78, 5) is 63.3. The number of carboxylic acids is 1. The maximum absolute atomic E-state index is 12.7. The third kappa shape index (κ3) is 12.7. The molecule has 3 aromatic rings. The number of hydrogen-bond acceptors (Lipinski definition) is 12. The molecule has 0 aliphatic rings. The smallest absolute Gasteiger partial charge is 0.326 e. The number of unbranched alkanes of at least 4 members (excludes halogenated alkanes) is 1. The second-order valence-electron chi connectivity index (χ2n) is 10.2. The largest absolute Gasteiger partial charge is 0.480 e. The Kier molecular flexibility index (Phi) is 15.3. The van der Waals surface area contributed by atoms with Crippen LogP contribution in [0.1, 0.15) is 55.1 Å². The van der Waals surface area contributed by atoms with E-state index in [1.165, 1.54) is 18.3 Å². The predicted molar refractivity (Wildman–Crippen MR) is 169 cm³/mol. The molecule has 2 heterocycles. The molecule has 0 saturated carbocycles. The number of nitrogens with zero attached hydrogens (tertiary/aromatic N) is 3. The van der Waals surface area contributed by atoms with Crippen molar-refractivity contribution in [3.63, 3.8) is 0 Å². The fraction of sp³-hybridized carbons (Fsp3) is 0.500. The molecule has 0 fully saturated rings. The quantitative estimate of drug-likeness (QED) is 0.0848. The number of carboxylic acid groups (broad SMARTS) is 1. The maximum atomic E-state index is 12.7. The SMILES string of the molecule is CCCCOCCOCCOCCCNC(=O)CC[C@@H](NC(=O)c1ccc(NCc2cnc3nc(N)[nH]c(=O)c3n2)cc1)C(=O)O. The van der Waals surface area contributed by atoms with Crippen LogP contribution in [0.15, 0.2) is 35.3 Å². The van der Waals surface area contributed by atoms with Crippen molar-refractivity contribution >= 4 is 40.6 Å². The number of nitrogens with one attached hydrogen (secondary N) is 4. The third-order valence-corrected chi connectivity index (χ3v) is 6.54. The van der Waals surface area contributed by atoms with Gasteiger partial charge in [-0.15, -0.1) is 0 Å². The first-order valence-corrected chi connectivity index (χ1v) is 15.2. The summed E-state index contributed by atoms with van der Waals surface area (Å²) in [6.07, 6.45) is 4.07. The number of carbonyl (C=O) groups excluding carboxylic acids is 2. The van der Waals surface area contributed by atoms with E-state index in [4.69, 9.17) is 19.9 Å². The lowest BCUT2D eigenvalue weighted by Crippen LogP contribution is -2.41. The van der Waals surface area contributed by atoms with Gasteiger partial charge in [0.15, 0.2) is 11.2 Å². The maximum Gasteiger partial charge on any atom is 0.326 e. The van der Waals surface area contributed by atoms with Crippen LogP contribution in [0.2, 0.25) is 0 Å². The van der Waals surface area contributed by atoms with Gasteiger partial charge in [0.2, 0.25) is 11.9 Å². The van der Waals surface area contributed by atoms with Crippen LogP contribution in [0, 0.1) is 0 Å². The van der Waals surface area contributed by atoms with Crippen LogP contribution in [0.25, 0.3) is 11.2 Å². The van der Waals surface area contributed by atoms with E-state index in [9.17, 15) is 24.3 Å². The molecule has 16 nitrogen and oxygen atoms in total. The number of nitrogens with two attached hydrogens (primary N) is 1. The lowest BCUT2D eigenvalue weighted by Gasteiger charge is -2.15. The summed E-state index contributed by atoms with van der Waals surface area (Å²) < 4.78 is 16.3. The van der Waals surface area contributed by atoms with Crippen molar-refractivity contribution < 1.29 is 33.7 Å². The van der Waals surface area contributed by atoms with E-state index in [2.05, 4.69) is 42.8 Å². The number of aliphatic carboxylic acids is 1. The average molecular weight is 643 g/mol. The summed E-state index contributed by atoms with van der Waals surface area (Å²) in [6, 6.07) is 5.11. The van der Waals surface area contributed by atoms with Gasteiger partial charge < -0.3 is 41.0 Å². The summed E-state index contributed by atoms with van der Waals surface area (Å²) in [5.74, 6) is -2.19. The Morgan fingerprint density at radius 3 is 2.33 bits per heavy atom. The molecular formula is C30H42N8O8. The molecule has 0 aliphatic carbocycles. The van der Waals surface area contributed by atoms with Crippen molar-refractivity contribution in [1.29, 1.82) is 0 Å². The number of hydrogen-bond donors (Lipinski definition) is 6. The molecule has 0 unspecified atom stereocenters. The number of anilines is 2. The fourth-order valence-corrected chi connectivity index (χ4v) is 4.04. The number of carbonyl (C=O) groups is 3. The van der Waals surface area contributed by atoms with Crippen LogP contribution >= 0.6 is 0 Å². The summed E-state index contributed by atoms with van der Waals surface area (Å²) >= 11 is 0. The van der Waals surface area contributed by atoms with Crippen LogP contribution in [-0.2, 0) is 30.3 Å². The summed E-state index contributed by atoms with van der Waals surface area (Å²) in [5.41, 5.74) is 6.60. The number of amides is 2. The van der Waals surface area contributed by atoms with Crippen LogP contribution in [0.4, 0.5) is 11.6 Å². The lowest BCUT2D eigenvalue weighted by atomic mass is 10.1. The first kappa shape index (κ1) is 35.8. The van der Waals surface area contributed by atoms with Gasteiger partial charge in [-0.3, -0.25) is 19.4 Å². The molecular weight excluding hydrogens is 600 g/mol. The van der Waals surface area contributed by atoms with Crippen molar-refractivity contribution in [3.05, 3.63) is 52.1 Å². The van der Waals surface area contributed by atoms with E-state index in [1.54, 1.807) is 12.1 Å². The van der Waals surface area contributed by atoms with E-state index >= 15 is 0 Å². The van der Waals surface area contributed by atoms with Crippen LogP contribution < -0.4 is 27.2 Å². The van der Waals surface area contributed by atoms with Crippen LogP contribution in [-0.4, -0.2) is 95.1 Å². The molecule has 1 aromatic carbocycles. The van der Waals surface area contributed by atoms with Gasteiger partial charge in [0.25, 0.3) is 11.5 Å². The second kappa shape index (κ2) is 19.7. The minimum atomic E-state index is -1.24. The number of H-pyrrole nitrogens is 1. The number of nitrogen functional groups attached to an aromatic ring is 1. The highest BCUT2D eigenvalue weighted by atomic mass is 16.5. The third-order valence-electron chi connectivity index (χ3n) is 6.54. The fourth-order valence-electron chi connectivity index (χ4n) is 4.04. The normalized spacial score (nSPS) is 11.7. The molecule has 2 amide bonds. The van der Waals surface area contributed by atoms with Crippen molar-refractivity contribution in [3.8, 4) is 0 Å². The molecule has 0 radical (unpaired) electrons. The molecule has 0 bridgehead atoms. The van der Waals surface area contributed by atoms with Crippen LogP contribution in [0.5, 0.6) is 0 Å². The second-order valence-corrected chi connectivity index (χ2v) is 10.2. The number of aromatic nitrogens is 4. The average Bonchev–Trinajstić information content (AvgIpc) is 3.04. The van der Waals surface area contributed by atoms with Gasteiger partial charge in [0.1, 0.15) is 6.04 Å². The highest BCUT2D eigenvalue weighted by molar-refractivity contribution is 5.97. The van der Waals surface area contributed by atoms with E-state index in [-0.39, 0.29) is 48.0 Å². The monoisotopic (exact) mass is 642 g/mol. The van der Waals surface area contributed by atoms with Gasteiger partial charge in [-0.05, 0) is 43.5 Å². The Morgan fingerprint density at radius 2 is 1.65 bits per heavy atom. The zero-order valence-corrected chi connectivity index (χ0v) is 25.9. The van der Waals surface area contributed by atoms with Gasteiger partial charge in [-0.25, -0.2) is 14.8 Å². The van der Waals surface area contributed by atoms with E-state index in [0.717, 1.165) is 19.4 Å². The molecule has 16 heteroatoms. The molecule has 0 saturated heterocycles. The van der Waals surface area contributed by atoms with Crippen molar-refractivity contribution in [2.75, 3.05) is 57.2 Å².